The third kappa shape index (κ3) is 3.40. The van der Waals surface area contributed by atoms with Gasteiger partial charge in [0.25, 0.3) is 0 Å². The molecule has 98 valence electrons. The van der Waals surface area contributed by atoms with Crippen molar-refractivity contribution >= 4 is 11.3 Å². The topological polar surface area (TPSA) is 42.7 Å². The molecule has 0 unspecified atom stereocenters. The molecule has 0 aliphatic heterocycles. The van der Waals surface area contributed by atoms with Crippen LogP contribution < -0.4 is 5.32 Å². The Bertz CT molecular complexity index is 475. The van der Waals surface area contributed by atoms with E-state index in [1.54, 1.807) is 11.3 Å². The highest BCUT2D eigenvalue weighted by Crippen LogP contribution is 2.13. The average molecular weight is 264 g/mol. The van der Waals surface area contributed by atoms with Crippen LogP contribution in [0.1, 0.15) is 36.8 Å². The molecule has 0 radical (unpaired) electrons. The van der Waals surface area contributed by atoms with Crippen molar-refractivity contribution < 1.29 is 0 Å². The number of rotatable bonds is 7. The molecular weight excluding hydrogens is 244 g/mol. The van der Waals surface area contributed by atoms with Gasteiger partial charge in [0, 0.05) is 17.8 Å². The lowest BCUT2D eigenvalue weighted by atomic mass is 10.3. The first-order valence-electron chi connectivity index (χ1n) is 6.47. The van der Waals surface area contributed by atoms with Gasteiger partial charge in [0.05, 0.1) is 23.8 Å². The maximum Gasteiger partial charge on any atom is 0.123 e. The molecule has 0 atom stereocenters. The average Bonchev–Trinajstić information content (AvgIpc) is 2.98. The number of nitrogens with one attached hydrogen (secondary N) is 1. The molecule has 0 saturated carbocycles. The van der Waals surface area contributed by atoms with Crippen LogP contribution in [0.4, 0.5) is 0 Å². The molecule has 0 bridgehead atoms. The summed E-state index contributed by atoms with van der Waals surface area (Å²) in [6.45, 7) is 6.89. The fourth-order valence-electron chi connectivity index (χ4n) is 1.81. The van der Waals surface area contributed by atoms with Crippen LogP contribution in [0.5, 0.6) is 0 Å². The Hall–Kier alpha value is -1.20. The number of nitrogens with zero attached hydrogens (tertiary/aromatic N) is 3. The minimum absolute atomic E-state index is 0.815. The minimum Gasteiger partial charge on any atom is -0.328 e. The van der Waals surface area contributed by atoms with Crippen molar-refractivity contribution in [3.8, 4) is 0 Å². The van der Waals surface area contributed by atoms with Gasteiger partial charge in [-0.2, -0.15) is 0 Å². The van der Waals surface area contributed by atoms with E-state index in [-0.39, 0.29) is 0 Å². The standard InChI is InChI=1S/C13H20N4S/c1-3-5-13-16-11(10-18-13)9-17-7-6-15-12(17)8-14-4-2/h6-7,10,14H,3-5,8-9H2,1-2H3. The van der Waals surface area contributed by atoms with E-state index in [1.807, 2.05) is 12.4 Å². The van der Waals surface area contributed by atoms with E-state index in [2.05, 4.69) is 39.1 Å². The number of hydrogen-bond donors (Lipinski definition) is 1. The summed E-state index contributed by atoms with van der Waals surface area (Å²) in [6.07, 6.45) is 6.11. The van der Waals surface area contributed by atoms with Crippen LogP contribution in [0.3, 0.4) is 0 Å². The second-order valence-corrected chi connectivity index (χ2v) is 5.18. The number of imidazole rings is 1. The van der Waals surface area contributed by atoms with Gasteiger partial charge in [0.2, 0.25) is 0 Å². The predicted molar refractivity (Wildman–Crippen MR) is 74.8 cm³/mol. The Morgan fingerprint density at radius 2 is 2.28 bits per heavy atom. The first-order chi connectivity index (χ1) is 8.83. The van der Waals surface area contributed by atoms with Gasteiger partial charge in [0.1, 0.15) is 5.82 Å². The summed E-state index contributed by atoms with van der Waals surface area (Å²) in [5.41, 5.74) is 1.14. The van der Waals surface area contributed by atoms with Crippen molar-refractivity contribution in [3.05, 3.63) is 34.3 Å². The van der Waals surface area contributed by atoms with Gasteiger partial charge in [-0.25, -0.2) is 9.97 Å². The lowest BCUT2D eigenvalue weighted by molar-refractivity contribution is 0.635. The van der Waals surface area contributed by atoms with E-state index in [1.165, 1.54) is 5.01 Å². The lowest BCUT2D eigenvalue weighted by Gasteiger charge is -2.06. The molecule has 0 amide bonds. The van der Waals surface area contributed by atoms with Gasteiger partial charge < -0.3 is 9.88 Å². The quantitative estimate of drug-likeness (QED) is 0.835. The Balaban J connectivity index is 2.01. The highest BCUT2D eigenvalue weighted by Gasteiger charge is 2.06. The number of aryl methyl sites for hydroxylation is 1. The molecule has 18 heavy (non-hydrogen) atoms. The van der Waals surface area contributed by atoms with Crippen LogP contribution in [-0.2, 0) is 19.5 Å². The van der Waals surface area contributed by atoms with Crippen LogP contribution in [0.2, 0.25) is 0 Å². The van der Waals surface area contributed by atoms with E-state index in [0.29, 0.717) is 0 Å². The zero-order chi connectivity index (χ0) is 12.8. The second-order valence-electron chi connectivity index (χ2n) is 4.23. The van der Waals surface area contributed by atoms with Crippen molar-refractivity contribution in [1.82, 2.24) is 19.9 Å². The summed E-state index contributed by atoms with van der Waals surface area (Å²) in [4.78, 5) is 9.01. The zero-order valence-electron chi connectivity index (χ0n) is 11.0. The van der Waals surface area contributed by atoms with Crippen molar-refractivity contribution in [2.75, 3.05) is 6.54 Å². The van der Waals surface area contributed by atoms with Crippen molar-refractivity contribution in [2.45, 2.75) is 39.8 Å². The molecule has 0 aliphatic rings. The molecule has 0 spiro atoms. The van der Waals surface area contributed by atoms with Gasteiger partial charge in [-0.3, -0.25) is 0 Å². The van der Waals surface area contributed by atoms with E-state index in [9.17, 15) is 0 Å². The molecule has 5 heteroatoms. The van der Waals surface area contributed by atoms with Crippen molar-refractivity contribution in [2.24, 2.45) is 0 Å². The van der Waals surface area contributed by atoms with Crippen LogP contribution >= 0.6 is 11.3 Å². The predicted octanol–water partition coefficient (Wildman–Crippen LogP) is 2.45. The van der Waals surface area contributed by atoms with Crippen molar-refractivity contribution in [1.29, 1.82) is 0 Å². The van der Waals surface area contributed by atoms with E-state index < -0.39 is 0 Å². The summed E-state index contributed by atoms with van der Waals surface area (Å²) in [6, 6.07) is 0. The summed E-state index contributed by atoms with van der Waals surface area (Å²) < 4.78 is 2.16. The molecule has 2 rings (SSSR count). The summed E-state index contributed by atoms with van der Waals surface area (Å²) in [5.74, 6) is 1.07. The third-order valence-corrected chi connectivity index (χ3v) is 3.69. The normalized spacial score (nSPS) is 11.0. The largest absolute Gasteiger partial charge is 0.328 e. The Labute approximate surface area is 112 Å². The fourth-order valence-corrected chi connectivity index (χ4v) is 2.70. The molecule has 1 N–H and O–H groups in total. The fraction of sp³-hybridized carbons (Fsp3) is 0.538. The second kappa shape index (κ2) is 6.66. The summed E-state index contributed by atoms with van der Waals surface area (Å²) >= 11 is 1.76. The van der Waals surface area contributed by atoms with Crippen LogP contribution in [0.25, 0.3) is 0 Å². The first-order valence-corrected chi connectivity index (χ1v) is 7.35. The lowest BCUT2D eigenvalue weighted by Crippen LogP contribution is -2.16. The Kier molecular flexibility index (Phi) is 4.90. The van der Waals surface area contributed by atoms with Gasteiger partial charge in [0.15, 0.2) is 0 Å². The highest BCUT2D eigenvalue weighted by atomic mass is 32.1. The molecule has 2 heterocycles. The van der Waals surface area contributed by atoms with Gasteiger partial charge >= 0.3 is 0 Å². The summed E-state index contributed by atoms with van der Waals surface area (Å²) in [5, 5.41) is 6.69. The maximum absolute atomic E-state index is 4.65. The van der Waals surface area contributed by atoms with Crippen LogP contribution in [-0.4, -0.2) is 21.1 Å². The van der Waals surface area contributed by atoms with E-state index >= 15 is 0 Å². The first kappa shape index (κ1) is 13.2. The highest BCUT2D eigenvalue weighted by molar-refractivity contribution is 7.09. The summed E-state index contributed by atoms with van der Waals surface area (Å²) in [7, 11) is 0. The molecule has 0 aromatic carbocycles. The molecule has 0 saturated heterocycles. The zero-order valence-corrected chi connectivity index (χ0v) is 11.8. The Morgan fingerprint density at radius 1 is 1.39 bits per heavy atom. The molecule has 0 aliphatic carbocycles. The van der Waals surface area contributed by atoms with Gasteiger partial charge in [-0.15, -0.1) is 11.3 Å². The molecular formula is C13H20N4S. The Morgan fingerprint density at radius 3 is 3.06 bits per heavy atom. The third-order valence-electron chi connectivity index (χ3n) is 2.73. The SMILES string of the molecule is CCCc1nc(Cn2ccnc2CNCC)cs1. The van der Waals surface area contributed by atoms with Crippen LogP contribution in [0, 0.1) is 0 Å². The van der Waals surface area contributed by atoms with Crippen molar-refractivity contribution in [3.63, 3.8) is 0 Å². The van der Waals surface area contributed by atoms with E-state index in [4.69, 9.17) is 0 Å². The van der Waals surface area contributed by atoms with Crippen LogP contribution in [0.15, 0.2) is 17.8 Å². The smallest absolute Gasteiger partial charge is 0.123 e. The molecule has 2 aromatic heterocycles. The maximum atomic E-state index is 4.65. The number of hydrogen-bond acceptors (Lipinski definition) is 4. The monoisotopic (exact) mass is 264 g/mol. The minimum atomic E-state index is 0.815. The van der Waals surface area contributed by atoms with Gasteiger partial charge in [-0.1, -0.05) is 13.8 Å². The number of aromatic nitrogens is 3. The molecule has 4 nitrogen and oxygen atoms in total. The number of thiazole rings is 1. The van der Waals surface area contributed by atoms with E-state index in [0.717, 1.165) is 44.0 Å². The molecule has 0 fully saturated rings. The van der Waals surface area contributed by atoms with Gasteiger partial charge in [-0.05, 0) is 19.4 Å². The molecule has 2 aromatic rings.